The van der Waals surface area contributed by atoms with E-state index in [-0.39, 0.29) is 134 Å². The molecule has 1 aromatic carbocycles. The molecule has 91 heavy (non-hydrogen) atoms. The predicted octanol–water partition coefficient (Wildman–Crippen LogP) is 7.66. The fraction of sp³-hybridized carbons (Fsp3) is 0.742. The Morgan fingerprint density at radius 2 is 1.32 bits per heavy atom. The SMILES string of the molecule is CC(C)C(CC(=O)Nc1ccc(COC(=O)N(C)C(C(N)=O)C(C)C)cc1)NC(=O)CCCCCN1C(=O)CC(S)C1=O.CCCC.CCCC(C(OC)C(C)C=O)N(CC)C(=O)CC(OC)C(C(C)CC)N(C)C(=O)CC(C)C.CCCNC.NC=O.NC=O. The van der Waals surface area contributed by atoms with E-state index in [4.69, 9.17) is 29.5 Å². The minimum atomic E-state index is -0.780. The number of hydrogen-bond donors (Lipinski definition) is 7. The van der Waals surface area contributed by atoms with Crippen LogP contribution in [0.1, 0.15) is 192 Å². The van der Waals surface area contributed by atoms with Gasteiger partial charge in [0, 0.05) is 84.7 Å². The number of nitrogens with two attached hydrogens (primary N) is 3. The molecule has 1 saturated heterocycles. The van der Waals surface area contributed by atoms with Crippen LogP contribution in [0, 0.1) is 29.6 Å². The summed E-state index contributed by atoms with van der Waals surface area (Å²) in [6, 6.07) is 5.27. The molecule has 526 valence electrons. The Morgan fingerprint density at radius 1 is 0.747 bits per heavy atom. The number of benzene rings is 1. The standard InChI is InChI=1S/C30H45N5O7S.C26H50N2O5.C4H11N.C4H10.2CH3NO/c1-18(2)22(33-24(36)9-7-6-8-14-35-26(38)16-23(43)29(35)40)15-25(37)32-21-12-10-20(11-13-21)17-42-30(41)34(5)27(19(3)4)28(31)39;1-11-14-21(26(33-10)20(7)17-29)28(13-3)24(31)16-22(32-9)25(19(6)12-2)27(8)23(30)15-18(4)5;1-3-4-5-2;1-3-4-2;2*2-1-3/h10-13,18-19,22-23,27,43H,6-9,14-17H2,1-5H3,(H2,31,39)(H,32,37)(H,33,36);17-22,25-26H,11-16H2,1-10H3;5H,3-4H2,1-2H3;3-4H2,1-2H3;2*1H,(H2,2,3). The topological polar surface area (TPSA) is 343 Å². The lowest BCUT2D eigenvalue weighted by Crippen LogP contribution is -2.54. The van der Waals surface area contributed by atoms with E-state index in [1.165, 1.54) is 36.1 Å². The molecule has 1 aliphatic heterocycles. The number of methoxy groups -OCH3 is 2. The van der Waals surface area contributed by atoms with Gasteiger partial charge in [-0.15, -0.1) is 0 Å². The third-order valence-corrected chi connectivity index (χ3v) is 15.4. The molecule has 1 aromatic rings. The van der Waals surface area contributed by atoms with Crippen molar-refractivity contribution >= 4 is 84.9 Å². The van der Waals surface area contributed by atoms with E-state index in [9.17, 15) is 43.2 Å². The molecule has 1 fully saturated rings. The van der Waals surface area contributed by atoms with Gasteiger partial charge >= 0.3 is 6.09 Å². The highest BCUT2D eigenvalue weighted by atomic mass is 32.1. The summed E-state index contributed by atoms with van der Waals surface area (Å²) in [6.45, 7) is 30.0. The van der Waals surface area contributed by atoms with Crippen LogP contribution in [0.2, 0.25) is 0 Å². The minimum absolute atomic E-state index is 0.0208. The van der Waals surface area contributed by atoms with Crippen LogP contribution < -0.4 is 33.2 Å². The van der Waals surface area contributed by atoms with Crippen molar-refractivity contribution in [2.75, 3.05) is 60.3 Å². The molecule has 1 heterocycles. The minimum Gasteiger partial charge on any atom is -0.445 e. The number of imide groups is 1. The fourth-order valence-corrected chi connectivity index (χ4v) is 10.1. The molecule has 9 unspecified atom stereocenters. The summed E-state index contributed by atoms with van der Waals surface area (Å²) in [5, 5.41) is 8.23. The number of likely N-dealkylation sites (tertiary alicyclic amines) is 1. The molecule has 9 N–H and O–H groups in total. The van der Waals surface area contributed by atoms with Crippen LogP contribution in [-0.4, -0.2) is 183 Å². The number of carbonyl (C=O) groups excluding carboxylic acids is 11. The predicted molar refractivity (Wildman–Crippen MR) is 363 cm³/mol. The first-order chi connectivity index (χ1) is 42.9. The molecule has 0 bridgehead atoms. The molecule has 24 nitrogen and oxygen atoms in total. The van der Waals surface area contributed by atoms with E-state index in [0.717, 1.165) is 32.1 Å². The number of carbonyl (C=O) groups is 11. The smallest absolute Gasteiger partial charge is 0.410 e. The van der Waals surface area contributed by atoms with Gasteiger partial charge in [-0.1, -0.05) is 134 Å². The fourth-order valence-electron chi connectivity index (χ4n) is 9.76. The maximum atomic E-state index is 13.6. The Hall–Kier alpha value is -6.18. The second kappa shape index (κ2) is 54.4. The van der Waals surface area contributed by atoms with Gasteiger partial charge in [-0.2, -0.15) is 12.6 Å². The number of ether oxygens (including phenoxy) is 3. The van der Waals surface area contributed by atoms with Crippen LogP contribution in [0.15, 0.2) is 24.3 Å². The summed E-state index contributed by atoms with van der Waals surface area (Å²) in [5.41, 5.74) is 15.0. The van der Waals surface area contributed by atoms with Crippen molar-refractivity contribution in [3.63, 3.8) is 0 Å². The molecule has 0 aromatic heterocycles. The van der Waals surface area contributed by atoms with Crippen molar-refractivity contribution in [1.29, 1.82) is 0 Å². The number of anilines is 1. The molecule has 10 amide bonds. The largest absolute Gasteiger partial charge is 0.445 e. The third kappa shape index (κ3) is 38.4. The van der Waals surface area contributed by atoms with Crippen molar-refractivity contribution in [2.45, 2.75) is 235 Å². The summed E-state index contributed by atoms with van der Waals surface area (Å²) >= 11 is 4.11. The van der Waals surface area contributed by atoms with Gasteiger partial charge in [0.05, 0.1) is 36.0 Å². The van der Waals surface area contributed by atoms with Crippen LogP contribution in [0.3, 0.4) is 0 Å². The zero-order valence-corrected chi connectivity index (χ0v) is 59.8. The van der Waals surface area contributed by atoms with Crippen LogP contribution in [0.4, 0.5) is 10.5 Å². The monoisotopic (exact) mass is 1310 g/mol. The Balaban J connectivity index is -0.000000694. The van der Waals surface area contributed by atoms with Crippen LogP contribution >= 0.6 is 12.6 Å². The number of likely N-dealkylation sites (N-methyl/N-ethyl adjacent to an activating group) is 3. The molecule has 0 saturated carbocycles. The number of rotatable bonds is 36. The van der Waals surface area contributed by atoms with E-state index >= 15 is 0 Å². The first-order valence-corrected chi connectivity index (χ1v) is 32.8. The van der Waals surface area contributed by atoms with Crippen LogP contribution in [0.25, 0.3) is 0 Å². The number of hydrogen-bond acceptors (Lipinski definition) is 16. The van der Waals surface area contributed by atoms with Gasteiger partial charge < -0.3 is 62.0 Å². The Bertz CT molecular complexity index is 2200. The van der Waals surface area contributed by atoms with Crippen molar-refractivity contribution in [1.82, 2.24) is 30.2 Å². The summed E-state index contributed by atoms with van der Waals surface area (Å²) in [5.74, 6) is -1.48. The molecular weight excluding hydrogens is 1190 g/mol. The Labute approximate surface area is 551 Å². The maximum Gasteiger partial charge on any atom is 0.410 e. The lowest BCUT2D eigenvalue weighted by atomic mass is 9.89. The van der Waals surface area contributed by atoms with E-state index in [1.807, 2.05) is 60.5 Å². The first-order valence-electron chi connectivity index (χ1n) is 32.3. The molecule has 0 aliphatic carbocycles. The van der Waals surface area contributed by atoms with Gasteiger partial charge in [-0.25, -0.2) is 4.79 Å². The lowest BCUT2D eigenvalue weighted by molar-refractivity contribution is -0.147. The van der Waals surface area contributed by atoms with Gasteiger partial charge in [0.15, 0.2) is 0 Å². The number of amides is 10. The van der Waals surface area contributed by atoms with Crippen LogP contribution in [-0.2, 0) is 68.8 Å². The van der Waals surface area contributed by atoms with E-state index in [1.54, 1.807) is 57.2 Å². The Kier molecular flexibility index (Phi) is 54.5. The van der Waals surface area contributed by atoms with Crippen molar-refractivity contribution in [3.8, 4) is 0 Å². The number of nitrogens with one attached hydrogen (secondary N) is 3. The number of unbranched alkanes of at least 4 members (excludes halogenated alkanes) is 3. The number of primary amides is 3. The van der Waals surface area contributed by atoms with Crippen LogP contribution in [0.5, 0.6) is 0 Å². The van der Waals surface area contributed by atoms with E-state index < -0.39 is 29.4 Å². The van der Waals surface area contributed by atoms with E-state index in [0.29, 0.717) is 50.0 Å². The lowest BCUT2D eigenvalue weighted by Gasteiger charge is -2.41. The molecule has 0 spiro atoms. The summed E-state index contributed by atoms with van der Waals surface area (Å²) in [4.78, 5) is 134. The molecule has 25 heteroatoms. The second-order valence-electron chi connectivity index (χ2n) is 23.6. The molecule has 1 aliphatic rings. The van der Waals surface area contributed by atoms with Crippen molar-refractivity contribution in [3.05, 3.63) is 29.8 Å². The van der Waals surface area contributed by atoms with Crippen molar-refractivity contribution < 1.29 is 67.0 Å². The summed E-state index contributed by atoms with van der Waals surface area (Å²) < 4.78 is 16.8. The molecule has 9 atom stereocenters. The molecule has 2 rings (SSSR count). The van der Waals surface area contributed by atoms with E-state index in [2.05, 4.69) is 81.6 Å². The average molecular weight is 1310 g/mol. The van der Waals surface area contributed by atoms with Crippen molar-refractivity contribution in [2.24, 2.45) is 46.8 Å². The third-order valence-electron chi connectivity index (χ3n) is 15.0. The second-order valence-corrected chi connectivity index (χ2v) is 24.2. The highest BCUT2D eigenvalue weighted by Gasteiger charge is 2.39. The van der Waals surface area contributed by atoms with Gasteiger partial charge in [0.1, 0.15) is 18.9 Å². The van der Waals surface area contributed by atoms with Gasteiger partial charge in [0.2, 0.25) is 54.2 Å². The Morgan fingerprint density at radius 3 is 1.71 bits per heavy atom. The summed E-state index contributed by atoms with van der Waals surface area (Å²) in [6.07, 6.45) is 9.34. The van der Waals surface area contributed by atoms with Gasteiger partial charge in [-0.3, -0.25) is 53.0 Å². The zero-order valence-electron chi connectivity index (χ0n) is 58.9. The summed E-state index contributed by atoms with van der Waals surface area (Å²) in [7, 11) is 8.45. The highest BCUT2D eigenvalue weighted by Crippen LogP contribution is 2.27. The number of aldehydes is 1. The van der Waals surface area contributed by atoms with Gasteiger partial charge in [0.25, 0.3) is 0 Å². The molecular formula is C66H122N10O14S. The maximum absolute atomic E-state index is 13.6. The molecule has 0 radical (unpaired) electrons. The highest BCUT2D eigenvalue weighted by molar-refractivity contribution is 7.81. The van der Waals surface area contributed by atoms with Gasteiger partial charge in [-0.05, 0) is 87.6 Å². The average Bonchev–Trinajstić information content (AvgIpc) is 1.46. The number of thiol groups is 1. The first kappa shape index (κ1) is 91.2. The number of nitrogens with zero attached hydrogens (tertiary/aromatic N) is 4. The normalized spacial score (nSPS) is 14.9. The zero-order chi connectivity index (χ0) is 70.9. The quantitative estimate of drug-likeness (QED) is 0.0147.